The Kier molecular flexibility index (Phi) is 4.65. The van der Waals surface area contributed by atoms with Gasteiger partial charge in [-0.15, -0.1) is 10.2 Å². The molecule has 0 radical (unpaired) electrons. The fraction of sp³-hybridized carbons (Fsp3) is 0.438. The van der Waals surface area contributed by atoms with E-state index < -0.39 is 21.3 Å². The van der Waals surface area contributed by atoms with Gasteiger partial charge < -0.3 is 4.74 Å². The Hall–Kier alpha value is -1.84. The lowest BCUT2D eigenvalue weighted by atomic mass is 10.0. The number of hydrogen-bond acceptors (Lipinski definition) is 7. The van der Waals surface area contributed by atoms with Gasteiger partial charge in [0.25, 0.3) is 5.91 Å². The zero-order valence-electron chi connectivity index (χ0n) is 14.1. The quantitative estimate of drug-likeness (QED) is 0.851. The zero-order valence-corrected chi connectivity index (χ0v) is 15.8. The molecule has 1 N–H and O–H groups in total. The van der Waals surface area contributed by atoms with E-state index in [0.717, 1.165) is 5.56 Å². The van der Waals surface area contributed by atoms with Gasteiger partial charge in [0.15, 0.2) is 15.4 Å². The minimum Gasteiger partial charge on any atom is -0.366 e. The molecule has 1 aromatic heterocycles. The SMILES string of the molecule is COC1(C(=O)Nc2nnc(-c3ccc(C(C)C)cc3)s2)CS(=O)(=O)C1. The van der Waals surface area contributed by atoms with Crippen LogP contribution in [0.5, 0.6) is 0 Å². The molecule has 1 saturated heterocycles. The van der Waals surface area contributed by atoms with Crippen molar-refractivity contribution in [3.8, 4) is 10.6 Å². The summed E-state index contributed by atoms with van der Waals surface area (Å²) in [5.74, 6) is -0.694. The van der Waals surface area contributed by atoms with Crippen LogP contribution in [-0.4, -0.2) is 48.7 Å². The predicted octanol–water partition coefficient (Wildman–Crippen LogP) is 2.08. The Bertz CT molecular complexity index is 876. The number of nitrogens with one attached hydrogen (secondary N) is 1. The molecule has 0 unspecified atom stereocenters. The third kappa shape index (κ3) is 3.58. The standard InChI is InChI=1S/C16H19N3O4S2/c1-10(2)11-4-6-12(7-5-11)13-18-19-15(24-13)17-14(20)16(23-3)8-25(21,22)9-16/h4-7,10H,8-9H2,1-3H3,(H,17,19,20). The summed E-state index contributed by atoms with van der Waals surface area (Å²) in [7, 11) is -1.88. The molecule has 9 heteroatoms. The highest BCUT2D eigenvalue weighted by molar-refractivity contribution is 7.93. The second-order valence-electron chi connectivity index (χ2n) is 6.37. The third-order valence-electron chi connectivity index (χ3n) is 4.18. The monoisotopic (exact) mass is 381 g/mol. The molecule has 2 heterocycles. The summed E-state index contributed by atoms with van der Waals surface area (Å²) in [6.07, 6.45) is 0. The molecule has 0 spiro atoms. The van der Waals surface area contributed by atoms with E-state index in [1.54, 1.807) is 0 Å². The fourth-order valence-electron chi connectivity index (χ4n) is 2.62. The van der Waals surface area contributed by atoms with Crippen molar-refractivity contribution < 1.29 is 17.9 Å². The number of methoxy groups -OCH3 is 1. The number of aromatic nitrogens is 2. The van der Waals surface area contributed by atoms with Crippen LogP contribution in [0.4, 0.5) is 5.13 Å². The number of carbonyl (C=O) groups is 1. The van der Waals surface area contributed by atoms with Crippen molar-refractivity contribution in [1.29, 1.82) is 0 Å². The van der Waals surface area contributed by atoms with E-state index in [1.165, 1.54) is 24.0 Å². The molecule has 1 aromatic carbocycles. The lowest BCUT2D eigenvalue weighted by Crippen LogP contribution is -2.63. The van der Waals surface area contributed by atoms with Crippen LogP contribution < -0.4 is 5.32 Å². The average Bonchev–Trinajstić information content (AvgIpc) is 3.00. The molecule has 3 rings (SSSR count). The lowest BCUT2D eigenvalue weighted by molar-refractivity contribution is -0.134. The van der Waals surface area contributed by atoms with Gasteiger partial charge in [-0.1, -0.05) is 49.4 Å². The van der Waals surface area contributed by atoms with Crippen LogP contribution in [0, 0.1) is 0 Å². The van der Waals surface area contributed by atoms with Crippen molar-refractivity contribution in [2.75, 3.05) is 23.9 Å². The number of rotatable bonds is 5. The molecule has 0 aliphatic carbocycles. The maximum atomic E-state index is 12.3. The first kappa shape index (κ1) is 18.0. The van der Waals surface area contributed by atoms with E-state index in [4.69, 9.17) is 4.74 Å². The van der Waals surface area contributed by atoms with Gasteiger partial charge in [-0.05, 0) is 11.5 Å². The molecular formula is C16H19N3O4S2. The molecule has 1 fully saturated rings. The summed E-state index contributed by atoms with van der Waals surface area (Å²) in [6, 6.07) is 8.02. The summed E-state index contributed by atoms with van der Waals surface area (Å²) in [4.78, 5) is 12.3. The van der Waals surface area contributed by atoms with E-state index in [2.05, 4.69) is 29.4 Å². The number of hydrogen-bond donors (Lipinski definition) is 1. The molecule has 1 amide bonds. The number of nitrogens with zero attached hydrogens (tertiary/aromatic N) is 2. The first-order valence-electron chi connectivity index (χ1n) is 7.75. The molecule has 7 nitrogen and oxygen atoms in total. The van der Waals surface area contributed by atoms with Gasteiger partial charge in [0.2, 0.25) is 5.13 Å². The number of anilines is 1. The van der Waals surface area contributed by atoms with Gasteiger partial charge in [0.05, 0.1) is 11.5 Å². The van der Waals surface area contributed by atoms with Crippen LogP contribution >= 0.6 is 11.3 Å². The molecule has 0 saturated carbocycles. The maximum Gasteiger partial charge on any atom is 0.260 e. The molecule has 0 atom stereocenters. The minimum absolute atomic E-state index is 0.314. The molecule has 25 heavy (non-hydrogen) atoms. The highest BCUT2D eigenvalue weighted by atomic mass is 32.2. The minimum atomic E-state index is -3.21. The summed E-state index contributed by atoms with van der Waals surface area (Å²) < 4.78 is 27.9. The number of amides is 1. The van der Waals surface area contributed by atoms with E-state index in [9.17, 15) is 13.2 Å². The Labute approximate surface area is 150 Å². The molecule has 134 valence electrons. The molecule has 1 aliphatic rings. The maximum absolute atomic E-state index is 12.3. The highest BCUT2D eigenvalue weighted by Gasteiger charge is 2.55. The number of sulfone groups is 1. The van der Waals surface area contributed by atoms with Crippen LogP contribution in [0.3, 0.4) is 0 Å². The molecule has 0 bridgehead atoms. The van der Waals surface area contributed by atoms with Gasteiger partial charge in [0, 0.05) is 12.7 Å². The molecule has 2 aromatic rings. The second kappa shape index (κ2) is 6.47. The first-order chi connectivity index (χ1) is 11.7. The van der Waals surface area contributed by atoms with Crippen LogP contribution in [0.15, 0.2) is 24.3 Å². The van der Waals surface area contributed by atoms with Crippen molar-refractivity contribution in [2.45, 2.75) is 25.4 Å². The smallest absolute Gasteiger partial charge is 0.260 e. The van der Waals surface area contributed by atoms with Crippen molar-refractivity contribution in [3.63, 3.8) is 0 Å². The van der Waals surface area contributed by atoms with Gasteiger partial charge in [-0.2, -0.15) is 0 Å². The fourth-order valence-corrected chi connectivity index (χ4v) is 5.20. The summed E-state index contributed by atoms with van der Waals surface area (Å²) >= 11 is 1.23. The van der Waals surface area contributed by atoms with Crippen LogP contribution in [-0.2, 0) is 19.4 Å². The summed E-state index contributed by atoms with van der Waals surface area (Å²) in [6.45, 7) is 4.25. The van der Waals surface area contributed by atoms with Crippen molar-refractivity contribution in [1.82, 2.24) is 10.2 Å². The van der Waals surface area contributed by atoms with E-state index >= 15 is 0 Å². The molecular weight excluding hydrogens is 362 g/mol. The van der Waals surface area contributed by atoms with E-state index in [0.29, 0.717) is 16.1 Å². The normalized spacial score (nSPS) is 17.9. The first-order valence-corrected chi connectivity index (χ1v) is 10.4. The van der Waals surface area contributed by atoms with E-state index in [-0.39, 0.29) is 11.5 Å². The number of ether oxygens (including phenoxy) is 1. The average molecular weight is 381 g/mol. The summed E-state index contributed by atoms with van der Waals surface area (Å²) in [5.41, 5.74) is 0.814. The van der Waals surface area contributed by atoms with Crippen molar-refractivity contribution >= 4 is 32.2 Å². The van der Waals surface area contributed by atoms with Crippen molar-refractivity contribution in [2.24, 2.45) is 0 Å². The van der Waals surface area contributed by atoms with Crippen LogP contribution in [0.1, 0.15) is 25.3 Å². The predicted molar refractivity (Wildman–Crippen MR) is 96.5 cm³/mol. The molecule has 1 aliphatic heterocycles. The van der Waals surface area contributed by atoms with Gasteiger partial charge in [-0.3, -0.25) is 10.1 Å². The largest absolute Gasteiger partial charge is 0.366 e. The Morgan fingerprint density at radius 1 is 1.24 bits per heavy atom. The van der Waals surface area contributed by atoms with Gasteiger partial charge in [0.1, 0.15) is 5.01 Å². The summed E-state index contributed by atoms with van der Waals surface area (Å²) in [5, 5.41) is 11.7. The number of carbonyl (C=O) groups excluding carboxylic acids is 1. The third-order valence-corrected chi connectivity index (χ3v) is 6.88. The highest BCUT2D eigenvalue weighted by Crippen LogP contribution is 2.31. The lowest BCUT2D eigenvalue weighted by Gasteiger charge is -2.37. The van der Waals surface area contributed by atoms with Crippen molar-refractivity contribution in [3.05, 3.63) is 29.8 Å². The topological polar surface area (TPSA) is 98.2 Å². The Balaban J connectivity index is 1.72. The Morgan fingerprint density at radius 3 is 2.40 bits per heavy atom. The Morgan fingerprint density at radius 2 is 1.88 bits per heavy atom. The van der Waals surface area contributed by atoms with Crippen LogP contribution in [0.25, 0.3) is 10.6 Å². The zero-order chi connectivity index (χ0) is 18.2. The van der Waals surface area contributed by atoms with Gasteiger partial charge in [-0.25, -0.2) is 8.42 Å². The number of benzene rings is 1. The second-order valence-corrected chi connectivity index (χ2v) is 9.42. The van der Waals surface area contributed by atoms with E-state index in [1.807, 2.05) is 24.3 Å². The van der Waals surface area contributed by atoms with Crippen LogP contribution in [0.2, 0.25) is 0 Å². The van der Waals surface area contributed by atoms with Gasteiger partial charge >= 0.3 is 0 Å².